The highest BCUT2D eigenvalue weighted by Gasteiger charge is 2.26. The monoisotopic (exact) mass is 427 g/mol. The molecular weight excluding hydrogens is 405 g/mol. The van der Waals surface area contributed by atoms with Crippen molar-refractivity contribution in [1.29, 1.82) is 0 Å². The van der Waals surface area contributed by atoms with E-state index in [0.717, 1.165) is 31.9 Å². The van der Waals surface area contributed by atoms with Crippen LogP contribution in [0.3, 0.4) is 0 Å². The quantitative estimate of drug-likeness (QED) is 0.585. The molecule has 4 rings (SSSR count). The Hall–Kier alpha value is -3.01. The lowest BCUT2D eigenvalue weighted by molar-refractivity contribution is 0.104. The molecule has 1 aliphatic heterocycles. The van der Waals surface area contributed by atoms with Crippen molar-refractivity contribution in [1.82, 2.24) is 15.3 Å². The Morgan fingerprint density at radius 3 is 2.67 bits per heavy atom. The van der Waals surface area contributed by atoms with Gasteiger partial charge in [0.1, 0.15) is 10.7 Å². The van der Waals surface area contributed by atoms with E-state index in [0.29, 0.717) is 15.6 Å². The number of nitrogen functional groups attached to an aromatic ring is 1. The van der Waals surface area contributed by atoms with E-state index in [2.05, 4.69) is 15.3 Å². The van der Waals surface area contributed by atoms with E-state index in [4.69, 9.17) is 10.5 Å². The number of hydrogen-bond donors (Lipinski definition) is 2. The van der Waals surface area contributed by atoms with Crippen LogP contribution in [0.4, 0.5) is 21.0 Å². The Bertz CT molecular complexity index is 1040. The molecule has 2 heterocycles. The number of benzene rings is 2. The third-order valence-corrected chi connectivity index (χ3v) is 5.87. The van der Waals surface area contributed by atoms with Crippen LogP contribution < -0.4 is 20.8 Å². The van der Waals surface area contributed by atoms with Gasteiger partial charge >= 0.3 is 0 Å². The first kappa shape index (κ1) is 20.3. The number of ketones is 1. The molecule has 0 unspecified atom stereocenters. The fraction of sp³-hybridized carbons (Fsp3) is 0.238. The number of para-hydroxylation sites is 1. The average Bonchev–Trinajstić information content (AvgIpc) is 3.16. The van der Waals surface area contributed by atoms with Crippen molar-refractivity contribution in [2.45, 2.75) is 0 Å². The molecule has 1 aliphatic rings. The van der Waals surface area contributed by atoms with Gasteiger partial charge in [-0.1, -0.05) is 29.5 Å². The van der Waals surface area contributed by atoms with E-state index in [1.807, 2.05) is 35.3 Å². The lowest BCUT2D eigenvalue weighted by Crippen LogP contribution is -2.50. The predicted molar refractivity (Wildman–Crippen MR) is 116 cm³/mol. The van der Waals surface area contributed by atoms with Gasteiger partial charge in [-0.05, 0) is 30.3 Å². The molecule has 0 radical (unpaired) electrons. The summed E-state index contributed by atoms with van der Waals surface area (Å²) >= 11 is 1.22. The number of thiazole rings is 1. The molecule has 2 aromatic carbocycles. The normalized spacial score (nSPS) is 14.5. The van der Waals surface area contributed by atoms with Crippen molar-refractivity contribution in [2.75, 3.05) is 44.0 Å². The molecule has 3 N–H and O–H groups in total. The second-order valence-corrected chi connectivity index (χ2v) is 7.72. The first-order chi connectivity index (χ1) is 14.6. The Balaban J connectivity index is 1.71. The lowest BCUT2D eigenvalue weighted by Gasteiger charge is -2.37. The summed E-state index contributed by atoms with van der Waals surface area (Å²) in [7, 11) is 1.36. The second kappa shape index (κ2) is 8.78. The van der Waals surface area contributed by atoms with Gasteiger partial charge in [0, 0.05) is 31.7 Å². The minimum Gasteiger partial charge on any atom is -0.494 e. The highest BCUT2D eigenvalue weighted by Crippen LogP contribution is 2.36. The molecular formula is C21H22FN5O2S. The average molecular weight is 428 g/mol. The van der Waals surface area contributed by atoms with E-state index in [-0.39, 0.29) is 17.4 Å². The first-order valence-electron chi connectivity index (χ1n) is 9.54. The topological polar surface area (TPSA) is 83.7 Å². The Morgan fingerprint density at radius 2 is 1.97 bits per heavy atom. The number of ether oxygens (including phenoxy) is 1. The molecule has 3 aromatic rings. The Morgan fingerprint density at radius 1 is 1.23 bits per heavy atom. The SMILES string of the molecule is COc1cc(C(=O)c2sc(N(c3ccccc3)N3CCNCC3)nc2N)ccc1F. The van der Waals surface area contributed by atoms with E-state index in [9.17, 15) is 9.18 Å². The smallest absolute Gasteiger partial charge is 0.207 e. The van der Waals surface area contributed by atoms with Crippen LogP contribution in [0.1, 0.15) is 15.2 Å². The Kier molecular flexibility index (Phi) is 5.93. The summed E-state index contributed by atoms with van der Waals surface area (Å²) in [6.07, 6.45) is 0. The maximum absolute atomic E-state index is 13.7. The Labute approximate surface area is 177 Å². The van der Waals surface area contributed by atoms with Crippen LogP contribution in [-0.4, -0.2) is 49.1 Å². The highest BCUT2D eigenvalue weighted by atomic mass is 32.1. The van der Waals surface area contributed by atoms with Crippen LogP contribution in [0, 0.1) is 5.82 Å². The van der Waals surface area contributed by atoms with Crippen LogP contribution in [0.15, 0.2) is 48.5 Å². The molecule has 0 atom stereocenters. The standard InChI is InChI=1S/C21H22FN5O2S/c1-29-17-13-14(7-8-16(17)22)18(28)19-20(23)25-21(30-19)27(15-5-3-2-4-6-15)26-11-9-24-10-12-26/h2-8,13,24H,9-12,23H2,1H3. The number of halogens is 1. The predicted octanol–water partition coefficient (Wildman–Crippen LogP) is 3.06. The number of anilines is 3. The zero-order valence-electron chi connectivity index (χ0n) is 16.5. The van der Waals surface area contributed by atoms with Crippen molar-refractivity contribution in [3.8, 4) is 5.75 Å². The van der Waals surface area contributed by atoms with Crippen LogP contribution in [0.25, 0.3) is 0 Å². The summed E-state index contributed by atoms with van der Waals surface area (Å²) in [5, 5.41) is 8.13. The molecule has 156 valence electrons. The van der Waals surface area contributed by atoms with Crippen LogP contribution in [-0.2, 0) is 0 Å². The van der Waals surface area contributed by atoms with Crippen molar-refractivity contribution in [3.05, 3.63) is 64.8 Å². The molecule has 0 saturated carbocycles. The number of nitrogens with two attached hydrogens (primary N) is 1. The lowest BCUT2D eigenvalue weighted by atomic mass is 10.1. The van der Waals surface area contributed by atoms with Gasteiger partial charge < -0.3 is 15.8 Å². The number of nitrogens with one attached hydrogen (secondary N) is 1. The van der Waals surface area contributed by atoms with Crippen LogP contribution >= 0.6 is 11.3 Å². The second-order valence-electron chi connectivity index (χ2n) is 6.74. The molecule has 1 fully saturated rings. The van der Waals surface area contributed by atoms with E-state index in [1.165, 1.54) is 36.6 Å². The van der Waals surface area contributed by atoms with Crippen molar-refractivity contribution in [3.63, 3.8) is 0 Å². The molecule has 0 spiro atoms. The summed E-state index contributed by atoms with van der Waals surface area (Å²) in [5.41, 5.74) is 7.38. The van der Waals surface area contributed by atoms with Crippen LogP contribution in [0.5, 0.6) is 5.75 Å². The summed E-state index contributed by atoms with van der Waals surface area (Å²) < 4.78 is 18.7. The van der Waals surface area contributed by atoms with Gasteiger partial charge in [0.2, 0.25) is 10.9 Å². The molecule has 0 aliphatic carbocycles. The fourth-order valence-electron chi connectivity index (χ4n) is 3.32. The minimum absolute atomic E-state index is 0.0101. The maximum Gasteiger partial charge on any atom is 0.207 e. The van der Waals surface area contributed by atoms with Gasteiger partial charge in [0.15, 0.2) is 11.6 Å². The molecule has 9 heteroatoms. The van der Waals surface area contributed by atoms with Crippen molar-refractivity contribution in [2.24, 2.45) is 0 Å². The molecule has 7 nitrogen and oxygen atoms in total. The largest absolute Gasteiger partial charge is 0.494 e. The van der Waals surface area contributed by atoms with Gasteiger partial charge in [-0.3, -0.25) is 4.79 Å². The van der Waals surface area contributed by atoms with E-state index < -0.39 is 5.82 Å². The zero-order chi connectivity index (χ0) is 21.1. The highest BCUT2D eigenvalue weighted by molar-refractivity contribution is 7.18. The third kappa shape index (κ3) is 4.00. The maximum atomic E-state index is 13.7. The molecule has 0 bridgehead atoms. The van der Waals surface area contributed by atoms with Gasteiger partial charge in [-0.2, -0.15) is 0 Å². The number of aromatic nitrogens is 1. The molecule has 30 heavy (non-hydrogen) atoms. The summed E-state index contributed by atoms with van der Waals surface area (Å²) in [6.45, 7) is 3.30. The summed E-state index contributed by atoms with van der Waals surface area (Å²) in [5.74, 6) is -0.681. The number of rotatable bonds is 6. The van der Waals surface area contributed by atoms with Gasteiger partial charge in [-0.15, -0.1) is 0 Å². The number of hydrogen-bond acceptors (Lipinski definition) is 8. The molecule has 1 saturated heterocycles. The minimum atomic E-state index is -0.527. The van der Waals surface area contributed by atoms with Crippen molar-refractivity contribution >= 4 is 33.8 Å². The third-order valence-electron chi connectivity index (χ3n) is 4.82. The number of hydrazine groups is 1. The summed E-state index contributed by atoms with van der Waals surface area (Å²) in [6, 6.07) is 13.9. The number of nitrogens with zero attached hydrogens (tertiary/aromatic N) is 3. The van der Waals surface area contributed by atoms with Gasteiger partial charge in [0.25, 0.3) is 0 Å². The summed E-state index contributed by atoms with van der Waals surface area (Å²) in [4.78, 5) is 17.9. The van der Waals surface area contributed by atoms with E-state index in [1.54, 1.807) is 0 Å². The number of carbonyl (C=O) groups is 1. The molecule has 1 aromatic heterocycles. The van der Waals surface area contributed by atoms with Gasteiger partial charge in [-0.25, -0.2) is 19.4 Å². The number of carbonyl (C=O) groups excluding carboxylic acids is 1. The van der Waals surface area contributed by atoms with Gasteiger partial charge in [0.05, 0.1) is 12.8 Å². The number of piperazine rings is 1. The fourth-order valence-corrected chi connectivity index (χ4v) is 4.32. The first-order valence-corrected chi connectivity index (χ1v) is 10.4. The van der Waals surface area contributed by atoms with Crippen molar-refractivity contribution < 1.29 is 13.9 Å². The zero-order valence-corrected chi connectivity index (χ0v) is 17.3. The molecule has 0 amide bonds. The van der Waals surface area contributed by atoms with E-state index >= 15 is 0 Å². The number of methoxy groups -OCH3 is 1. The van der Waals surface area contributed by atoms with Crippen LogP contribution in [0.2, 0.25) is 0 Å².